The van der Waals surface area contributed by atoms with Gasteiger partial charge in [0.15, 0.2) is 5.76 Å². The normalized spacial score (nSPS) is 14.9. The van der Waals surface area contributed by atoms with Gasteiger partial charge in [-0.25, -0.2) is 0 Å². The molecule has 1 aromatic rings. The zero-order valence-electron chi connectivity index (χ0n) is 8.04. The maximum absolute atomic E-state index is 13.1. The molecule has 1 heterocycles. The Balaban J connectivity index is 3.30. The topological polar surface area (TPSA) is 13.1 Å². The number of hydrogen-bond acceptors (Lipinski definition) is 1. The SMILES string of the molecule is FC(F)(Cl)C(F)(F)C(F)(F)C(F)(F)c1ccco1. The van der Waals surface area contributed by atoms with E-state index in [1.54, 1.807) is 0 Å². The Morgan fingerprint density at radius 1 is 0.889 bits per heavy atom. The second-order valence-electron chi connectivity index (χ2n) is 3.20. The summed E-state index contributed by atoms with van der Waals surface area (Å²) in [6, 6.07) is 0.951. The summed E-state index contributed by atoms with van der Waals surface area (Å²) in [6.07, 6.45) is 0.496. The zero-order chi connectivity index (χ0) is 14.4. The molecule has 1 rings (SSSR count). The standard InChI is InChI=1S/C8H3ClF8O/c9-8(16,17)7(14,15)6(12,13)5(10,11)4-2-1-3-18-4/h1-3H. The lowest BCUT2D eigenvalue weighted by atomic mass is 10.0. The van der Waals surface area contributed by atoms with Crippen molar-refractivity contribution in [3.63, 3.8) is 0 Å². The van der Waals surface area contributed by atoms with Gasteiger partial charge in [-0.05, 0) is 23.7 Å². The smallest absolute Gasteiger partial charge is 0.393 e. The largest absolute Gasteiger partial charge is 0.463 e. The van der Waals surface area contributed by atoms with E-state index in [0.717, 1.165) is 0 Å². The fourth-order valence-corrected chi connectivity index (χ4v) is 1.11. The summed E-state index contributed by atoms with van der Waals surface area (Å²) in [6.45, 7) is 0. The van der Waals surface area contributed by atoms with Crippen molar-refractivity contribution in [2.24, 2.45) is 0 Å². The minimum absolute atomic E-state index is 0.246. The highest BCUT2D eigenvalue weighted by molar-refractivity contribution is 6.22. The molecule has 1 aromatic heterocycles. The molecule has 0 bridgehead atoms. The third-order valence-electron chi connectivity index (χ3n) is 1.98. The van der Waals surface area contributed by atoms with Gasteiger partial charge in [-0.3, -0.25) is 0 Å². The number of alkyl halides is 9. The first-order chi connectivity index (χ1) is 7.86. The average molecular weight is 303 g/mol. The summed E-state index contributed by atoms with van der Waals surface area (Å²) in [7, 11) is 0. The van der Waals surface area contributed by atoms with Gasteiger partial charge in [0.05, 0.1) is 6.26 Å². The maximum atomic E-state index is 13.1. The van der Waals surface area contributed by atoms with Crippen LogP contribution in [0, 0.1) is 0 Å². The number of halogens is 9. The Hall–Kier alpha value is -0.990. The molecule has 104 valence electrons. The lowest BCUT2D eigenvalue weighted by molar-refractivity contribution is -0.356. The molecule has 18 heavy (non-hydrogen) atoms. The van der Waals surface area contributed by atoms with Crippen LogP contribution in [0.25, 0.3) is 0 Å². The molecule has 0 fully saturated rings. The molecular weight excluding hydrogens is 300 g/mol. The minimum Gasteiger partial charge on any atom is -0.463 e. The molecule has 1 nitrogen and oxygen atoms in total. The lowest BCUT2D eigenvalue weighted by Crippen LogP contribution is -2.59. The summed E-state index contributed by atoms with van der Waals surface area (Å²) in [5, 5.41) is -5.85. The number of furan rings is 1. The fraction of sp³-hybridized carbons (Fsp3) is 0.500. The molecule has 0 aliphatic carbocycles. The number of rotatable bonds is 4. The Bertz CT molecular complexity index is 407. The van der Waals surface area contributed by atoms with Gasteiger partial charge in [0, 0.05) is 0 Å². The lowest BCUT2D eigenvalue weighted by Gasteiger charge is -2.33. The van der Waals surface area contributed by atoms with Crippen LogP contribution in [0.3, 0.4) is 0 Å². The fourth-order valence-electron chi connectivity index (χ4n) is 0.987. The Morgan fingerprint density at radius 2 is 1.39 bits per heavy atom. The van der Waals surface area contributed by atoms with Gasteiger partial charge in [0.1, 0.15) is 0 Å². The highest BCUT2D eigenvalue weighted by atomic mass is 35.5. The first kappa shape index (κ1) is 15.1. The van der Waals surface area contributed by atoms with E-state index < -0.39 is 28.9 Å². The van der Waals surface area contributed by atoms with Crippen molar-refractivity contribution in [1.82, 2.24) is 0 Å². The molecule has 0 spiro atoms. The molecule has 0 aliphatic rings. The molecule has 0 aromatic carbocycles. The molecule has 0 unspecified atom stereocenters. The second-order valence-corrected chi connectivity index (χ2v) is 3.67. The van der Waals surface area contributed by atoms with E-state index in [1.807, 2.05) is 0 Å². The van der Waals surface area contributed by atoms with E-state index in [0.29, 0.717) is 12.3 Å². The molecule has 0 saturated carbocycles. The molecular formula is C8H3ClF8O. The van der Waals surface area contributed by atoms with E-state index in [2.05, 4.69) is 16.0 Å². The van der Waals surface area contributed by atoms with Gasteiger partial charge in [-0.1, -0.05) is 0 Å². The van der Waals surface area contributed by atoms with Crippen molar-refractivity contribution in [3.05, 3.63) is 24.2 Å². The van der Waals surface area contributed by atoms with Crippen LogP contribution < -0.4 is 0 Å². The minimum atomic E-state index is -6.47. The van der Waals surface area contributed by atoms with E-state index >= 15 is 0 Å². The van der Waals surface area contributed by atoms with Crippen LogP contribution in [0.5, 0.6) is 0 Å². The van der Waals surface area contributed by atoms with E-state index in [1.165, 1.54) is 0 Å². The van der Waals surface area contributed by atoms with Crippen LogP contribution in [-0.4, -0.2) is 17.2 Å². The molecule has 10 heteroatoms. The van der Waals surface area contributed by atoms with Crippen molar-refractivity contribution in [2.75, 3.05) is 0 Å². The summed E-state index contributed by atoms with van der Waals surface area (Å²) in [4.78, 5) is 0. The van der Waals surface area contributed by atoms with Crippen molar-refractivity contribution < 1.29 is 39.5 Å². The molecule has 0 atom stereocenters. The molecule has 0 N–H and O–H groups in total. The zero-order valence-corrected chi connectivity index (χ0v) is 8.80. The van der Waals surface area contributed by atoms with Crippen LogP contribution in [0.1, 0.15) is 5.76 Å². The highest BCUT2D eigenvalue weighted by Gasteiger charge is 2.81. The number of hydrogen-bond donors (Lipinski definition) is 0. The Morgan fingerprint density at radius 3 is 1.72 bits per heavy atom. The third-order valence-corrected chi connectivity index (χ3v) is 2.21. The van der Waals surface area contributed by atoms with Gasteiger partial charge in [-0.2, -0.15) is 35.1 Å². The van der Waals surface area contributed by atoms with Crippen LogP contribution >= 0.6 is 11.6 Å². The molecule has 0 aliphatic heterocycles. The molecule has 0 radical (unpaired) electrons. The van der Waals surface area contributed by atoms with Crippen molar-refractivity contribution in [3.8, 4) is 0 Å². The second kappa shape index (κ2) is 4.01. The average Bonchev–Trinajstić information content (AvgIpc) is 2.68. The first-order valence-corrected chi connectivity index (χ1v) is 4.47. The summed E-state index contributed by atoms with van der Waals surface area (Å²) >= 11 is 3.75. The predicted molar refractivity (Wildman–Crippen MR) is 43.3 cm³/mol. The highest BCUT2D eigenvalue weighted by Crippen LogP contribution is 2.57. The van der Waals surface area contributed by atoms with Crippen LogP contribution in [0.15, 0.2) is 22.8 Å². The monoisotopic (exact) mass is 302 g/mol. The van der Waals surface area contributed by atoms with Crippen LogP contribution in [0.2, 0.25) is 0 Å². The molecule has 0 amide bonds. The van der Waals surface area contributed by atoms with E-state index in [9.17, 15) is 35.1 Å². The van der Waals surface area contributed by atoms with Gasteiger partial charge < -0.3 is 4.42 Å². The van der Waals surface area contributed by atoms with E-state index in [-0.39, 0.29) is 6.07 Å². The third kappa shape index (κ3) is 1.94. The van der Waals surface area contributed by atoms with Gasteiger partial charge in [0.2, 0.25) is 0 Å². The predicted octanol–water partition coefficient (Wildman–Crippen LogP) is 4.47. The van der Waals surface area contributed by atoms with E-state index in [4.69, 9.17) is 0 Å². The summed E-state index contributed by atoms with van der Waals surface area (Å²) in [5.41, 5.74) is 0. The summed E-state index contributed by atoms with van der Waals surface area (Å²) in [5.74, 6) is -20.5. The van der Waals surface area contributed by atoms with Crippen molar-refractivity contribution >= 4 is 11.6 Å². The van der Waals surface area contributed by atoms with Gasteiger partial charge >= 0.3 is 23.1 Å². The van der Waals surface area contributed by atoms with Gasteiger partial charge in [0.25, 0.3) is 0 Å². The Kier molecular flexibility index (Phi) is 3.35. The Labute approximate surface area is 99.3 Å². The molecule has 0 saturated heterocycles. The van der Waals surface area contributed by atoms with Gasteiger partial charge in [-0.15, -0.1) is 0 Å². The van der Waals surface area contributed by atoms with Crippen molar-refractivity contribution in [2.45, 2.75) is 23.1 Å². The first-order valence-electron chi connectivity index (χ1n) is 4.10. The van der Waals surface area contributed by atoms with Crippen molar-refractivity contribution in [1.29, 1.82) is 0 Å². The maximum Gasteiger partial charge on any atom is 0.393 e. The summed E-state index contributed by atoms with van der Waals surface area (Å²) < 4.78 is 105. The van der Waals surface area contributed by atoms with Crippen LogP contribution in [-0.2, 0) is 5.92 Å². The quantitative estimate of drug-likeness (QED) is 0.590. The van der Waals surface area contributed by atoms with Crippen LogP contribution in [0.4, 0.5) is 35.1 Å².